The molecule has 0 heterocycles. The molecule has 0 aromatic heterocycles. The predicted molar refractivity (Wildman–Crippen MR) is 73.5 cm³/mol. The molecule has 1 aromatic carbocycles. The zero-order valence-electron chi connectivity index (χ0n) is 11.9. The van der Waals surface area contributed by atoms with Crippen LogP contribution in [0.5, 0.6) is 5.75 Å². The van der Waals surface area contributed by atoms with Crippen LogP contribution in [0, 0.1) is 5.92 Å². The van der Waals surface area contributed by atoms with Gasteiger partial charge in [0.15, 0.2) is 0 Å². The van der Waals surface area contributed by atoms with Crippen molar-refractivity contribution in [2.45, 2.75) is 46.8 Å². The molecule has 0 saturated heterocycles. The van der Waals surface area contributed by atoms with Crippen molar-refractivity contribution in [1.82, 2.24) is 5.32 Å². The number of hydrogen-bond acceptors (Lipinski definition) is 2. The van der Waals surface area contributed by atoms with Crippen molar-refractivity contribution in [2.75, 3.05) is 0 Å². The van der Waals surface area contributed by atoms with Crippen molar-refractivity contribution in [3.8, 4) is 5.75 Å². The monoisotopic (exact) mass is 249 g/mol. The lowest BCUT2D eigenvalue weighted by Gasteiger charge is -2.23. The van der Waals surface area contributed by atoms with Gasteiger partial charge in [-0.05, 0) is 26.8 Å². The fraction of sp³-hybridized carbons (Fsp3) is 0.533. The maximum atomic E-state index is 11.6. The Morgan fingerprint density at radius 3 is 2.44 bits per heavy atom. The molecule has 0 radical (unpaired) electrons. The van der Waals surface area contributed by atoms with Crippen molar-refractivity contribution >= 4 is 5.91 Å². The van der Waals surface area contributed by atoms with Gasteiger partial charge < -0.3 is 10.1 Å². The molecule has 1 N–H and O–H groups in total. The highest BCUT2D eigenvalue weighted by Gasteiger charge is 2.15. The molecule has 1 aromatic rings. The summed E-state index contributed by atoms with van der Waals surface area (Å²) in [5.74, 6) is 0.885. The van der Waals surface area contributed by atoms with Gasteiger partial charge in [-0.2, -0.15) is 0 Å². The van der Waals surface area contributed by atoms with Crippen LogP contribution in [0.4, 0.5) is 0 Å². The molecule has 0 fully saturated rings. The Morgan fingerprint density at radius 2 is 1.89 bits per heavy atom. The standard InChI is InChI=1S/C15H23NO2/c1-11(2)14(17)16-10-12-8-6-7-9-13(12)18-15(3,4)5/h6-9,11H,10H2,1-5H3,(H,16,17). The molecular formula is C15H23NO2. The number of carbonyl (C=O) groups excluding carboxylic acids is 1. The van der Waals surface area contributed by atoms with E-state index in [-0.39, 0.29) is 17.4 Å². The third kappa shape index (κ3) is 4.78. The van der Waals surface area contributed by atoms with Gasteiger partial charge in [-0.1, -0.05) is 32.0 Å². The Morgan fingerprint density at radius 1 is 1.28 bits per heavy atom. The molecule has 0 unspecified atom stereocenters. The average Bonchev–Trinajstić information content (AvgIpc) is 2.25. The minimum atomic E-state index is -0.238. The van der Waals surface area contributed by atoms with Crippen molar-refractivity contribution in [1.29, 1.82) is 0 Å². The van der Waals surface area contributed by atoms with E-state index in [1.165, 1.54) is 0 Å². The van der Waals surface area contributed by atoms with E-state index in [4.69, 9.17) is 4.74 Å². The molecule has 0 aliphatic carbocycles. The predicted octanol–water partition coefficient (Wildman–Crippen LogP) is 3.14. The number of carbonyl (C=O) groups is 1. The Balaban J connectivity index is 2.74. The quantitative estimate of drug-likeness (QED) is 0.890. The number of benzene rings is 1. The van der Waals surface area contributed by atoms with E-state index in [1.807, 2.05) is 58.9 Å². The summed E-state index contributed by atoms with van der Waals surface area (Å²) in [5.41, 5.74) is 0.763. The van der Waals surface area contributed by atoms with Gasteiger partial charge >= 0.3 is 0 Å². The van der Waals surface area contributed by atoms with Gasteiger partial charge in [-0.15, -0.1) is 0 Å². The van der Waals surface area contributed by atoms with Crippen LogP contribution >= 0.6 is 0 Å². The first-order valence-corrected chi connectivity index (χ1v) is 6.34. The summed E-state index contributed by atoms with van der Waals surface area (Å²) in [5, 5.41) is 2.91. The molecule has 1 rings (SSSR count). The largest absolute Gasteiger partial charge is 0.488 e. The van der Waals surface area contributed by atoms with Crippen LogP contribution in [0.25, 0.3) is 0 Å². The molecule has 0 aliphatic rings. The maximum absolute atomic E-state index is 11.6. The fourth-order valence-corrected chi connectivity index (χ4v) is 1.47. The number of amides is 1. The molecule has 0 spiro atoms. The van der Waals surface area contributed by atoms with Crippen LogP contribution in [0.2, 0.25) is 0 Å². The SMILES string of the molecule is CC(C)C(=O)NCc1ccccc1OC(C)(C)C. The van der Waals surface area contributed by atoms with E-state index < -0.39 is 0 Å². The number of para-hydroxylation sites is 1. The van der Waals surface area contributed by atoms with Gasteiger partial charge in [0.25, 0.3) is 0 Å². The van der Waals surface area contributed by atoms with Gasteiger partial charge in [0.1, 0.15) is 11.4 Å². The summed E-state index contributed by atoms with van der Waals surface area (Å²) in [6.45, 7) is 10.3. The van der Waals surface area contributed by atoms with Crippen LogP contribution in [0.15, 0.2) is 24.3 Å². The lowest BCUT2D eigenvalue weighted by Crippen LogP contribution is -2.28. The number of nitrogens with one attached hydrogen (secondary N) is 1. The highest BCUT2D eigenvalue weighted by molar-refractivity contribution is 5.77. The van der Waals surface area contributed by atoms with E-state index in [2.05, 4.69) is 5.32 Å². The molecule has 100 valence electrons. The van der Waals surface area contributed by atoms with Crippen molar-refractivity contribution in [2.24, 2.45) is 5.92 Å². The Bertz CT molecular complexity index is 405. The number of hydrogen-bond donors (Lipinski definition) is 1. The van der Waals surface area contributed by atoms with Crippen molar-refractivity contribution < 1.29 is 9.53 Å². The minimum Gasteiger partial charge on any atom is -0.488 e. The lowest BCUT2D eigenvalue weighted by molar-refractivity contribution is -0.124. The topological polar surface area (TPSA) is 38.3 Å². The highest BCUT2D eigenvalue weighted by atomic mass is 16.5. The Hall–Kier alpha value is -1.51. The molecule has 1 amide bonds. The van der Waals surface area contributed by atoms with Gasteiger partial charge in [-0.3, -0.25) is 4.79 Å². The molecule has 3 heteroatoms. The van der Waals surface area contributed by atoms with Gasteiger partial charge in [0, 0.05) is 18.0 Å². The first kappa shape index (κ1) is 14.6. The molecule has 0 bridgehead atoms. The molecule has 3 nitrogen and oxygen atoms in total. The molecular weight excluding hydrogens is 226 g/mol. The second kappa shape index (κ2) is 5.89. The lowest BCUT2D eigenvalue weighted by atomic mass is 10.1. The van der Waals surface area contributed by atoms with Gasteiger partial charge in [-0.25, -0.2) is 0 Å². The third-order valence-electron chi connectivity index (χ3n) is 2.37. The zero-order chi connectivity index (χ0) is 13.8. The van der Waals surface area contributed by atoms with Crippen LogP contribution < -0.4 is 10.1 Å². The summed E-state index contributed by atoms with van der Waals surface area (Å²) in [6.07, 6.45) is 0. The third-order valence-corrected chi connectivity index (χ3v) is 2.37. The first-order valence-electron chi connectivity index (χ1n) is 6.34. The van der Waals surface area contributed by atoms with Crippen molar-refractivity contribution in [3.05, 3.63) is 29.8 Å². The Kier molecular flexibility index (Phi) is 4.76. The highest BCUT2D eigenvalue weighted by Crippen LogP contribution is 2.22. The van der Waals surface area contributed by atoms with Crippen LogP contribution in [0.1, 0.15) is 40.2 Å². The van der Waals surface area contributed by atoms with Gasteiger partial charge in [0.05, 0.1) is 0 Å². The van der Waals surface area contributed by atoms with Crippen LogP contribution in [-0.2, 0) is 11.3 Å². The first-order chi connectivity index (χ1) is 8.29. The smallest absolute Gasteiger partial charge is 0.222 e. The summed E-state index contributed by atoms with van der Waals surface area (Å²) >= 11 is 0. The van der Waals surface area contributed by atoms with E-state index in [9.17, 15) is 4.79 Å². The van der Waals surface area contributed by atoms with E-state index in [1.54, 1.807) is 0 Å². The zero-order valence-corrected chi connectivity index (χ0v) is 11.9. The van der Waals surface area contributed by atoms with Crippen LogP contribution in [0.3, 0.4) is 0 Å². The van der Waals surface area contributed by atoms with Gasteiger partial charge in [0.2, 0.25) is 5.91 Å². The average molecular weight is 249 g/mol. The summed E-state index contributed by atoms with van der Waals surface area (Å²) in [7, 11) is 0. The molecule has 0 atom stereocenters. The normalized spacial score (nSPS) is 11.4. The molecule has 0 saturated carbocycles. The Labute approximate surface area is 110 Å². The fourth-order valence-electron chi connectivity index (χ4n) is 1.47. The number of rotatable bonds is 4. The summed E-state index contributed by atoms with van der Waals surface area (Å²) in [4.78, 5) is 11.6. The molecule has 18 heavy (non-hydrogen) atoms. The second-order valence-electron chi connectivity index (χ2n) is 5.69. The second-order valence-corrected chi connectivity index (χ2v) is 5.69. The van der Waals surface area contributed by atoms with Crippen molar-refractivity contribution in [3.63, 3.8) is 0 Å². The summed E-state index contributed by atoms with van der Waals surface area (Å²) in [6, 6.07) is 7.80. The number of ether oxygens (including phenoxy) is 1. The maximum Gasteiger partial charge on any atom is 0.222 e. The van der Waals surface area contributed by atoms with E-state index >= 15 is 0 Å². The molecule has 0 aliphatic heterocycles. The van der Waals surface area contributed by atoms with E-state index in [0.717, 1.165) is 11.3 Å². The minimum absolute atomic E-state index is 0.000645. The van der Waals surface area contributed by atoms with Crippen LogP contribution in [-0.4, -0.2) is 11.5 Å². The summed E-state index contributed by atoms with van der Waals surface area (Å²) < 4.78 is 5.87. The van der Waals surface area contributed by atoms with E-state index in [0.29, 0.717) is 6.54 Å².